The summed E-state index contributed by atoms with van der Waals surface area (Å²) in [5, 5.41) is 11.8. The fraction of sp³-hybridized carbons (Fsp3) is 0.805. The third-order valence-electron chi connectivity index (χ3n) is 16.2. The predicted octanol–water partition coefficient (Wildman–Crippen LogP) is 21.5. The largest absolute Gasteiger partial charge is 0.545 e. The van der Waals surface area contributed by atoms with E-state index in [4.69, 9.17) is 18.9 Å². The van der Waals surface area contributed by atoms with Gasteiger partial charge in [-0.2, -0.15) is 0 Å². The van der Waals surface area contributed by atoms with Crippen LogP contribution in [0.1, 0.15) is 341 Å². The number of carboxylic acid groups (broad SMARTS) is 1. The zero-order valence-electron chi connectivity index (χ0n) is 57.2. The van der Waals surface area contributed by atoms with Crippen molar-refractivity contribution in [2.75, 3.05) is 47.5 Å². The summed E-state index contributed by atoms with van der Waals surface area (Å²) >= 11 is 0. The first-order chi connectivity index (χ1) is 42.1. The van der Waals surface area contributed by atoms with Crippen molar-refractivity contribution in [1.82, 2.24) is 0 Å². The highest BCUT2D eigenvalue weighted by molar-refractivity contribution is 5.70. The summed E-state index contributed by atoms with van der Waals surface area (Å²) in [5.74, 6) is -2.28. The molecule has 0 aliphatic rings. The molecule has 0 amide bonds. The van der Waals surface area contributed by atoms with Gasteiger partial charge < -0.3 is 33.3 Å². The molecule has 86 heavy (non-hydrogen) atoms. The molecule has 0 aliphatic carbocycles. The summed E-state index contributed by atoms with van der Waals surface area (Å²) in [6.07, 6.45) is 87.2. The van der Waals surface area contributed by atoms with Gasteiger partial charge in [0.15, 0.2) is 12.4 Å². The van der Waals surface area contributed by atoms with Crippen molar-refractivity contribution < 1.29 is 42.9 Å². The minimum absolute atomic E-state index is 0.145. The van der Waals surface area contributed by atoms with Crippen LogP contribution in [0.5, 0.6) is 0 Å². The summed E-state index contributed by atoms with van der Waals surface area (Å²) in [7, 11) is 5.93. The Bertz CT molecular complexity index is 1640. The lowest BCUT2D eigenvalue weighted by atomic mass is 10.0. The molecule has 2 atom stereocenters. The molecule has 0 saturated carbocycles. The monoisotopic (exact) mass is 1210 g/mol. The molecule has 0 fully saturated rings. The van der Waals surface area contributed by atoms with Gasteiger partial charge in [0.05, 0.1) is 40.3 Å². The molecule has 9 heteroatoms. The lowest BCUT2D eigenvalue weighted by Crippen LogP contribution is -2.44. The maximum atomic E-state index is 12.9. The molecule has 0 aromatic heterocycles. The highest BCUT2D eigenvalue weighted by Gasteiger charge is 2.22. The summed E-state index contributed by atoms with van der Waals surface area (Å²) in [6, 6.07) is 0. The molecule has 0 aliphatic heterocycles. The van der Waals surface area contributed by atoms with Gasteiger partial charge in [0.2, 0.25) is 0 Å². The number of quaternary nitrogens is 1. The van der Waals surface area contributed by atoms with E-state index in [-0.39, 0.29) is 32.2 Å². The Hall–Kier alpha value is -3.27. The van der Waals surface area contributed by atoms with Crippen molar-refractivity contribution in [3.05, 3.63) is 72.9 Å². The number of carboxylic acids is 1. The maximum Gasteiger partial charge on any atom is 0.306 e. The first-order valence-electron chi connectivity index (χ1n) is 36.6. The van der Waals surface area contributed by atoms with E-state index in [9.17, 15) is 19.5 Å². The average Bonchev–Trinajstić information content (AvgIpc) is 3.64. The van der Waals surface area contributed by atoms with Crippen molar-refractivity contribution in [2.45, 2.75) is 354 Å². The first kappa shape index (κ1) is 82.7. The van der Waals surface area contributed by atoms with Crippen LogP contribution < -0.4 is 5.11 Å². The Morgan fingerprint density at radius 3 is 0.988 bits per heavy atom. The van der Waals surface area contributed by atoms with Crippen LogP contribution >= 0.6 is 0 Å². The molecule has 0 rings (SSSR count). The minimum atomic E-state index is -1.63. The Labute approximate surface area is 532 Å². The van der Waals surface area contributed by atoms with E-state index < -0.39 is 24.3 Å². The van der Waals surface area contributed by atoms with Crippen molar-refractivity contribution in [3.63, 3.8) is 0 Å². The van der Waals surface area contributed by atoms with E-state index in [2.05, 4.69) is 86.8 Å². The number of unbranched alkanes of at least 4 members (excludes halogenated alkanes) is 41. The molecule has 0 N–H and O–H groups in total. The molecule has 0 aromatic carbocycles. The van der Waals surface area contributed by atoms with Crippen LogP contribution in [0.4, 0.5) is 0 Å². The van der Waals surface area contributed by atoms with Crippen LogP contribution in [0, 0.1) is 0 Å². The van der Waals surface area contributed by atoms with Gasteiger partial charge in [-0.3, -0.25) is 9.59 Å². The number of rotatable bonds is 68. The molecule has 2 unspecified atom stereocenters. The van der Waals surface area contributed by atoms with Crippen LogP contribution in [-0.2, 0) is 33.3 Å². The third kappa shape index (κ3) is 68.2. The zero-order chi connectivity index (χ0) is 62.6. The number of carbonyl (C=O) groups is 3. The summed E-state index contributed by atoms with van der Waals surface area (Å²) in [6.45, 7) is 4.67. The molecule has 0 saturated heterocycles. The SMILES string of the molecule is CC/C=C\C/C=C\C/C=C\C/C=C\C/C=C\C/C=C\CCCCCCCCCCC(=O)OC(COC(=O)CCCCCCCCCCCCCCCCCCCCCCCCCCCCCCCCCCCC)COC(OCC[N+](C)(C)C)C(=O)[O-]. The molecule has 500 valence electrons. The number of aliphatic carboxylic acids is 1. The van der Waals surface area contributed by atoms with Gasteiger partial charge in [-0.1, -0.05) is 337 Å². The van der Waals surface area contributed by atoms with E-state index in [0.717, 1.165) is 83.5 Å². The number of hydrogen-bond acceptors (Lipinski definition) is 8. The van der Waals surface area contributed by atoms with Gasteiger partial charge in [0, 0.05) is 12.8 Å². The first-order valence-corrected chi connectivity index (χ1v) is 36.6. The number of allylic oxidation sites excluding steroid dienone is 12. The average molecular weight is 1210 g/mol. The molecule has 0 heterocycles. The minimum Gasteiger partial charge on any atom is -0.545 e. The molecule has 0 bridgehead atoms. The summed E-state index contributed by atoms with van der Waals surface area (Å²) in [5.41, 5.74) is 0. The molecule has 0 radical (unpaired) electrons. The predicted molar refractivity (Wildman–Crippen MR) is 366 cm³/mol. The number of ether oxygens (including phenoxy) is 4. The van der Waals surface area contributed by atoms with Crippen molar-refractivity contribution in [2.24, 2.45) is 0 Å². The smallest absolute Gasteiger partial charge is 0.306 e. The van der Waals surface area contributed by atoms with Gasteiger partial charge in [-0.15, -0.1) is 0 Å². The van der Waals surface area contributed by atoms with E-state index in [1.165, 1.54) is 225 Å². The third-order valence-corrected chi connectivity index (χ3v) is 16.2. The lowest BCUT2D eigenvalue weighted by molar-refractivity contribution is -0.870. The molecule has 0 aromatic rings. The van der Waals surface area contributed by atoms with Gasteiger partial charge in [-0.05, 0) is 64.2 Å². The fourth-order valence-electron chi connectivity index (χ4n) is 10.7. The van der Waals surface area contributed by atoms with Gasteiger partial charge >= 0.3 is 11.9 Å². The second-order valence-electron chi connectivity index (χ2n) is 25.9. The van der Waals surface area contributed by atoms with Crippen LogP contribution in [0.25, 0.3) is 0 Å². The van der Waals surface area contributed by atoms with Crippen LogP contribution in [0.3, 0.4) is 0 Å². The second-order valence-corrected chi connectivity index (χ2v) is 25.9. The van der Waals surface area contributed by atoms with Crippen molar-refractivity contribution >= 4 is 17.9 Å². The van der Waals surface area contributed by atoms with Gasteiger partial charge in [0.1, 0.15) is 13.2 Å². The van der Waals surface area contributed by atoms with E-state index in [1.54, 1.807) is 0 Å². The number of likely N-dealkylation sites (N-methyl/N-ethyl adjacent to an activating group) is 1. The standard InChI is InChI=1S/C77H139NO8/c1-6-8-10-12-14-16-18-20-22-24-26-28-30-32-34-35-36-37-38-39-40-42-43-45-47-49-51-53-55-57-59-61-63-65-67-74(79)84-71-73(72-85-77(76(81)82)83-70-69-78(3,4)5)86-75(80)68-66-64-62-60-58-56-54-52-50-48-46-44-41-33-31-29-27-25-23-21-19-17-15-13-11-9-7-2/h9,11,15,17,21,23,27,29,33,41,46,48,73,77H,6-8,10,12-14,16,18-20,22,24-26,28,30-32,34-40,42-45,47,49-72H2,1-5H3/b11-9-,17-15-,23-21-,29-27-,41-33-,48-46-. The van der Waals surface area contributed by atoms with Crippen LogP contribution in [0.15, 0.2) is 72.9 Å². The van der Waals surface area contributed by atoms with E-state index in [1.807, 2.05) is 21.1 Å². The van der Waals surface area contributed by atoms with Gasteiger partial charge in [-0.25, -0.2) is 0 Å². The molecular formula is C77H139NO8. The Balaban J connectivity index is 4.06. The number of nitrogens with zero attached hydrogens (tertiary/aromatic N) is 1. The summed E-state index contributed by atoms with van der Waals surface area (Å²) in [4.78, 5) is 37.5. The molecule has 9 nitrogen and oxygen atoms in total. The zero-order valence-corrected chi connectivity index (χ0v) is 57.2. The normalized spacial score (nSPS) is 13.1. The van der Waals surface area contributed by atoms with Crippen molar-refractivity contribution in [3.8, 4) is 0 Å². The summed E-state index contributed by atoms with van der Waals surface area (Å²) < 4.78 is 22.8. The fourth-order valence-corrected chi connectivity index (χ4v) is 10.7. The number of esters is 2. The second kappa shape index (κ2) is 67.7. The van der Waals surface area contributed by atoms with Crippen LogP contribution in [-0.4, -0.2) is 82.3 Å². The molecular weight excluding hydrogens is 1070 g/mol. The number of hydrogen-bond donors (Lipinski definition) is 0. The number of carbonyl (C=O) groups excluding carboxylic acids is 3. The maximum absolute atomic E-state index is 12.9. The Morgan fingerprint density at radius 1 is 0.360 bits per heavy atom. The van der Waals surface area contributed by atoms with Crippen LogP contribution in [0.2, 0.25) is 0 Å². The highest BCUT2D eigenvalue weighted by Crippen LogP contribution is 2.19. The van der Waals surface area contributed by atoms with Gasteiger partial charge in [0.25, 0.3) is 0 Å². The highest BCUT2D eigenvalue weighted by atomic mass is 16.7. The topological polar surface area (TPSA) is 111 Å². The van der Waals surface area contributed by atoms with E-state index >= 15 is 0 Å². The lowest BCUT2D eigenvalue weighted by Gasteiger charge is -2.26. The quantitative estimate of drug-likeness (QED) is 0.0195. The van der Waals surface area contributed by atoms with E-state index in [0.29, 0.717) is 23.9 Å². The molecule has 0 spiro atoms. The van der Waals surface area contributed by atoms with Crippen molar-refractivity contribution in [1.29, 1.82) is 0 Å². The Kier molecular flexibility index (Phi) is 65.1. The Morgan fingerprint density at radius 2 is 0.663 bits per heavy atom.